The van der Waals surface area contributed by atoms with Gasteiger partial charge in [0.25, 0.3) is 0 Å². The number of carboxylic acid groups (broad SMARTS) is 1. The molecule has 1 fully saturated rings. The summed E-state index contributed by atoms with van der Waals surface area (Å²) < 4.78 is 0. The molecule has 0 spiro atoms. The van der Waals surface area contributed by atoms with Gasteiger partial charge in [-0.2, -0.15) is 0 Å². The molecule has 0 aliphatic heterocycles. The van der Waals surface area contributed by atoms with Crippen LogP contribution in [0.25, 0.3) is 0 Å². The van der Waals surface area contributed by atoms with Crippen molar-refractivity contribution >= 4 is 40.8 Å². The lowest BCUT2D eigenvalue weighted by molar-refractivity contribution is -0.141. The Kier molecular flexibility index (Phi) is 3.13. The molecular weight excluding hydrogens is 222 g/mol. The predicted octanol–water partition coefficient (Wildman–Crippen LogP) is 2.45. The molecule has 0 aromatic rings. The number of aliphatic carboxylic acids is 1. The van der Waals surface area contributed by atoms with Crippen LogP contribution in [0.15, 0.2) is 0 Å². The third-order valence-corrected chi connectivity index (χ3v) is 3.73. The van der Waals surface area contributed by atoms with Crippen LogP contribution in [0.3, 0.4) is 0 Å². The highest BCUT2D eigenvalue weighted by Gasteiger charge is 2.43. The number of hydrogen-bond donors (Lipinski definition) is 1. The molecule has 0 aromatic heterocycles. The fourth-order valence-electron chi connectivity index (χ4n) is 1.28. The van der Waals surface area contributed by atoms with E-state index < -0.39 is 10.8 Å². The van der Waals surface area contributed by atoms with Gasteiger partial charge in [-0.25, -0.2) is 0 Å². The number of alkyl halides is 3. The topological polar surface area (TPSA) is 37.3 Å². The summed E-state index contributed by atoms with van der Waals surface area (Å²) in [5, 5.41) is 8.27. The highest BCUT2D eigenvalue weighted by Crippen LogP contribution is 2.38. The lowest BCUT2D eigenvalue weighted by Crippen LogP contribution is -2.42. The summed E-state index contributed by atoms with van der Waals surface area (Å²) in [6, 6.07) is 0. The Morgan fingerprint density at radius 1 is 1.42 bits per heavy atom. The zero-order chi connectivity index (χ0) is 9.35. The molecule has 0 aromatic carbocycles. The molecule has 0 radical (unpaired) electrons. The molecule has 3 unspecified atom stereocenters. The standard InChI is InChI=1S/C7H9Cl3O2/c8-4-1-2-7(10,6(11)12)3-5(4)9/h4-5H,1-3H2,(H,11,12). The summed E-state index contributed by atoms with van der Waals surface area (Å²) in [5.74, 6) is -1.00. The smallest absolute Gasteiger partial charge is 0.324 e. The average Bonchev–Trinajstić information content (AvgIpc) is 1.97. The van der Waals surface area contributed by atoms with Crippen molar-refractivity contribution in [2.45, 2.75) is 34.9 Å². The number of rotatable bonds is 1. The monoisotopic (exact) mass is 230 g/mol. The van der Waals surface area contributed by atoms with Crippen molar-refractivity contribution in [1.29, 1.82) is 0 Å². The SMILES string of the molecule is O=C(O)C1(Cl)CCC(Cl)C(Cl)C1. The van der Waals surface area contributed by atoms with Crippen LogP contribution >= 0.6 is 34.8 Å². The first kappa shape index (κ1) is 10.4. The fourth-order valence-corrected chi connectivity index (χ4v) is 2.22. The summed E-state index contributed by atoms with van der Waals surface area (Å²) in [7, 11) is 0. The maximum atomic E-state index is 10.7. The minimum absolute atomic E-state index is 0.155. The van der Waals surface area contributed by atoms with E-state index >= 15 is 0 Å². The first-order valence-electron chi connectivity index (χ1n) is 3.66. The van der Waals surface area contributed by atoms with Gasteiger partial charge in [0, 0.05) is 0 Å². The summed E-state index contributed by atoms with van der Waals surface area (Å²) in [5.41, 5.74) is 0. The van der Waals surface area contributed by atoms with Crippen molar-refractivity contribution < 1.29 is 9.90 Å². The van der Waals surface area contributed by atoms with E-state index in [0.29, 0.717) is 12.8 Å². The lowest BCUT2D eigenvalue weighted by atomic mass is 9.88. The van der Waals surface area contributed by atoms with Crippen LogP contribution in [-0.4, -0.2) is 26.7 Å². The van der Waals surface area contributed by atoms with E-state index in [9.17, 15) is 4.79 Å². The van der Waals surface area contributed by atoms with Gasteiger partial charge in [-0.15, -0.1) is 34.8 Å². The molecule has 0 saturated heterocycles. The third-order valence-electron chi connectivity index (χ3n) is 2.11. The summed E-state index contributed by atoms with van der Waals surface area (Å²) >= 11 is 17.5. The molecule has 3 atom stereocenters. The number of carboxylic acids is 1. The van der Waals surface area contributed by atoms with Gasteiger partial charge in [0.2, 0.25) is 0 Å². The number of halogens is 3. The van der Waals surface area contributed by atoms with Crippen LogP contribution in [0.1, 0.15) is 19.3 Å². The van der Waals surface area contributed by atoms with Gasteiger partial charge in [-0.05, 0) is 19.3 Å². The molecule has 2 nitrogen and oxygen atoms in total. The summed E-state index contributed by atoms with van der Waals surface area (Å²) in [4.78, 5) is 9.50. The van der Waals surface area contributed by atoms with E-state index in [1.807, 2.05) is 0 Å². The molecule has 1 rings (SSSR count). The van der Waals surface area contributed by atoms with E-state index in [-0.39, 0.29) is 17.2 Å². The highest BCUT2D eigenvalue weighted by molar-refractivity contribution is 6.36. The maximum absolute atomic E-state index is 10.7. The molecule has 12 heavy (non-hydrogen) atoms. The molecule has 0 amide bonds. The van der Waals surface area contributed by atoms with Gasteiger partial charge in [0.15, 0.2) is 0 Å². The van der Waals surface area contributed by atoms with Crippen molar-refractivity contribution in [2.24, 2.45) is 0 Å². The number of carbonyl (C=O) groups is 1. The second kappa shape index (κ2) is 3.60. The van der Waals surface area contributed by atoms with Crippen molar-refractivity contribution in [3.05, 3.63) is 0 Å². The Labute approximate surface area is 85.8 Å². The Morgan fingerprint density at radius 3 is 2.42 bits per heavy atom. The van der Waals surface area contributed by atoms with Crippen molar-refractivity contribution in [3.63, 3.8) is 0 Å². The van der Waals surface area contributed by atoms with E-state index in [4.69, 9.17) is 39.9 Å². The fraction of sp³-hybridized carbons (Fsp3) is 0.857. The largest absolute Gasteiger partial charge is 0.480 e. The first-order valence-corrected chi connectivity index (χ1v) is 4.91. The van der Waals surface area contributed by atoms with Crippen LogP contribution < -0.4 is 0 Å². The minimum atomic E-state index is -1.20. The Balaban J connectivity index is 2.66. The zero-order valence-corrected chi connectivity index (χ0v) is 8.53. The van der Waals surface area contributed by atoms with Gasteiger partial charge in [-0.1, -0.05) is 0 Å². The molecular formula is C7H9Cl3O2. The second-order valence-electron chi connectivity index (χ2n) is 3.05. The van der Waals surface area contributed by atoms with Gasteiger partial charge < -0.3 is 5.11 Å². The van der Waals surface area contributed by atoms with Crippen LogP contribution in [0.5, 0.6) is 0 Å². The molecule has 1 aliphatic carbocycles. The normalized spacial score (nSPS) is 42.6. The molecule has 70 valence electrons. The third kappa shape index (κ3) is 1.98. The van der Waals surface area contributed by atoms with Crippen molar-refractivity contribution in [2.75, 3.05) is 0 Å². The van der Waals surface area contributed by atoms with E-state index in [0.717, 1.165) is 0 Å². The van der Waals surface area contributed by atoms with E-state index in [1.165, 1.54) is 0 Å². The maximum Gasteiger partial charge on any atom is 0.324 e. The average molecular weight is 232 g/mol. The van der Waals surface area contributed by atoms with Gasteiger partial charge in [0.05, 0.1) is 10.8 Å². The Hall–Kier alpha value is 0.340. The highest BCUT2D eigenvalue weighted by atomic mass is 35.5. The Bertz CT molecular complexity index is 197. The van der Waals surface area contributed by atoms with Gasteiger partial charge in [-0.3, -0.25) is 4.79 Å². The lowest BCUT2D eigenvalue weighted by Gasteiger charge is -2.32. The van der Waals surface area contributed by atoms with Gasteiger partial charge in [0.1, 0.15) is 4.87 Å². The van der Waals surface area contributed by atoms with Crippen molar-refractivity contribution in [3.8, 4) is 0 Å². The van der Waals surface area contributed by atoms with E-state index in [1.54, 1.807) is 0 Å². The summed E-state index contributed by atoms with van der Waals surface area (Å²) in [6.07, 6.45) is 1.19. The second-order valence-corrected chi connectivity index (χ2v) is 4.89. The van der Waals surface area contributed by atoms with E-state index in [2.05, 4.69) is 0 Å². The van der Waals surface area contributed by atoms with Crippen molar-refractivity contribution in [1.82, 2.24) is 0 Å². The molecule has 1 saturated carbocycles. The summed E-state index contributed by atoms with van der Waals surface area (Å²) in [6.45, 7) is 0. The molecule has 0 heterocycles. The first-order chi connectivity index (χ1) is 5.46. The number of hydrogen-bond acceptors (Lipinski definition) is 1. The Morgan fingerprint density at radius 2 is 2.00 bits per heavy atom. The quantitative estimate of drug-likeness (QED) is 0.704. The molecule has 0 bridgehead atoms. The molecule has 1 N–H and O–H groups in total. The molecule has 5 heteroatoms. The predicted molar refractivity (Wildman–Crippen MR) is 49.4 cm³/mol. The van der Waals surface area contributed by atoms with Crippen LogP contribution in [0.2, 0.25) is 0 Å². The van der Waals surface area contributed by atoms with Crippen LogP contribution in [-0.2, 0) is 4.79 Å². The van der Waals surface area contributed by atoms with Gasteiger partial charge >= 0.3 is 5.97 Å². The minimum Gasteiger partial charge on any atom is -0.480 e. The van der Waals surface area contributed by atoms with Crippen LogP contribution in [0.4, 0.5) is 0 Å². The zero-order valence-electron chi connectivity index (χ0n) is 6.27. The molecule has 1 aliphatic rings. The van der Waals surface area contributed by atoms with Crippen LogP contribution in [0, 0.1) is 0 Å².